The van der Waals surface area contributed by atoms with Gasteiger partial charge in [-0.1, -0.05) is 84.2 Å². The first-order chi connectivity index (χ1) is 23.0. The van der Waals surface area contributed by atoms with Gasteiger partial charge in [0.15, 0.2) is 11.5 Å². The molecule has 4 aromatic carbocycles. The molecule has 0 unspecified atom stereocenters. The summed E-state index contributed by atoms with van der Waals surface area (Å²) in [5, 5.41) is 3.55. The molecule has 0 fully saturated rings. The highest BCUT2D eigenvalue weighted by atomic mass is 35.5. The summed E-state index contributed by atoms with van der Waals surface area (Å²) < 4.78 is 40.5. The number of hydrogen-bond acceptors (Lipinski definition) is 6. The number of amides is 2. The predicted octanol–water partition coefficient (Wildman–Crippen LogP) is 6.68. The van der Waals surface area contributed by atoms with E-state index in [0.717, 1.165) is 15.4 Å². The van der Waals surface area contributed by atoms with E-state index in [9.17, 15) is 18.0 Å². The van der Waals surface area contributed by atoms with Crippen molar-refractivity contribution in [2.24, 2.45) is 0 Å². The van der Waals surface area contributed by atoms with Crippen LogP contribution in [0.5, 0.6) is 11.5 Å². The van der Waals surface area contributed by atoms with Gasteiger partial charge in [-0.05, 0) is 60.9 Å². The SMILES string of the molecule is CCCNC(=O)[C@H](Cc1ccccc1)N(Cc1ccc(Cl)c(Cl)c1)C(=O)CN(c1ccc(OC)c(OC)c1)S(=O)(=O)c1ccc(C)cc1. The van der Waals surface area contributed by atoms with E-state index < -0.39 is 28.5 Å². The molecule has 0 aliphatic heterocycles. The van der Waals surface area contributed by atoms with Crippen molar-refractivity contribution in [3.63, 3.8) is 0 Å². The highest BCUT2D eigenvalue weighted by molar-refractivity contribution is 7.92. The number of rotatable bonds is 15. The Morgan fingerprint density at radius 2 is 1.52 bits per heavy atom. The van der Waals surface area contributed by atoms with E-state index in [-0.39, 0.29) is 40.2 Å². The van der Waals surface area contributed by atoms with Crippen LogP contribution in [0.25, 0.3) is 0 Å². The molecule has 1 atom stereocenters. The summed E-state index contributed by atoms with van der Waals surface area (Å²) in [6.07, 6.45) is 0.872. The standard InChI is InChI=1S/C36H39Cl2N3O6S/c1-5-19-39-36(43)32(21-26-9-7-6-8-10-26)40(23-27-13-17-30(37)31(38)20-27)35(42)24-41(28-14-18-33(46-3)34(22-28)47-4)48(44,45)29-15-11-25(2)12-16-29/h6-18,20,22,32H,5,19,21,23-24H2,1-4H3,(H,39,43)/t32-/m0/s1. The maximum absolute atomic E-state index is 14.6. The fraction of sp³-hybridized carbons (Fsp3) is 0.278. The molecule has 48 heavy (non-hydrogen) atoms. The van der Waals surface area contributed by atoms with Crippen LogP contribution in [0.4, 0.5) is 5.69 Å². The molecule has 0 saturated carbocycles. The minimum atomic E-state index is -4.30. The van der Waals surface area contributed by atoms with Gasteiger partial charge in [0.05, 0.1) is 34.8 Å². The van der Waals surface area contributed by atoms with Gasteiger partial charge in [-0.2, -0.15) is 0 Å². The number of ether oxygens (including phenoxy) is 2. The van der Waals surface area contributed by atoms with Crippen molar-refractivity contribution in [3.05, 3.63) is 118 Å². The quantitative estimate of drug-likeness (QED) is 0.148. The summed E-state index contributed by atoms with van der Waals surface area (Å²) in [4.78, 5) is 29.8. The second kappa shape index (κ2) is 16.7. The Labute approximate surface area is 292 Å². The molecular formula is C36H39Cl2N3O6S. The average molecular weight is 713 g/mol. The van der Waals surface area contributed by atoms with Crippen molar-refractivity contribution in [1.82, 2.24) is 10.2 Å². The molecule has 12 heteroatoms. The van der Waals surface area contributed by atoms with Crippen LogP contribution in [0, 0.1) is 6.92 Å². The van der Waals surface area contributed by atoms with Gasteiger partial charge in [-0.25, -0.2) is 8.42 Å². The molecule has 1 N–H and O–H groups in total. The zero-order valence-corrected chi connectivity index (χ0v) is 29.6. The first kappa shape index (κ1) is 36.6. The Bertz CT molecular complexity index is 1820. The Morgan fingerprint density at radius 1 is 0.833 bits per heavy atom. The molecule has 4 aromatic rings. The number of halogens is 2. The fourth-order valence-corrected chi connectivity index (χ4v) is 6.83. The van der Waals surface area contributed by atoms with Crippen molar-refractivity contribution in [2.75, 3.05) is 31.6 Å². The third kappa shape index (κ3) is 9.00. The minimum absolute atomic E-state index is 0.00626. The van der Waals surface area contributed by atoms with Crippen LogP contribution in [0.1, 0.15) is 30.0 Å². The molecule has 0 aliphatic rings. The van der Waals surface area contributed by atoms with Gasteiger partial charge in [-0.3, -0.25) is 13.9 Å². The number of hydrogen-bond donors (Lipinski definition) is 1. The molecule has 0 bridgehead atoms. The number of nitrogens with zero attached hydrogens (tertiary/aromatic N) is 2. The van der Waals surface area contributed by atoms with Crippen LogP contribution >= 0.6 is 23.2 Å². The number of carbonyl (C=O) groups excluding carboxylic acids is 2. The van der Waals surface area contributed by atoms with E-state index in [1.165, 1.54) is 37.3 Å². The van der Waals surface area contributed by atoms with Crippen LogP contribution in [-0.2, 0) is 32.6 Å². The first-order valence-electron chi connectivity index (χ1n) is 15.3. The van der Waals surface area contributed by atoms with Gasteiger partial charge < -0.3 is 19.7 Å². The highest BCUT2D eigenvalue weighted by Gasteiger charge is 2.35. The fourth-order valence-electron chi connectivity index (χ4n) is 5.10. The summed E-state index contributed by atoms with van der Waals surface area (Å²) in [6.45, 7) is 3.51. The third-order valence-electron chi connectivity index (χ3n) is 7.70. The summed E-state index contributed by atoms with van der Waals surface area (Å²) in [5.41, 5.74) is 2.48. The predicted molar refractivity (Wildman–Crippen MR) is 190 cm³/mol. The van der Waals surface area contributed by atoms with Gasteiger partial charge in [-0.15, -0.1) is 0 Å². The molecule has 4 rings (SSSR count). The Morgan fingerprint density at radius 3 is 2.15 bits per heavy atom. The Hall–Kier alpha value is -4.25. The molecule has 0 radical (unpaired) electrons. The number of benzene rings is 4. The summed E-state index contributed by atoms with van der Waals surface area (Å²) in [7, 11) is -1.39. The van der Waals surface area contributed by atoms with Crippen LogP contribution in [0.3, 0.4) is 0 Å². The van der Waals surface area contributed by atoms with Gasteiger partial charge in [0.25, 0.3) is 10.0 Å². The molecule has 0 saturated heterocycles. The maximum Gasteiger partial charge on any atom is 0.264 e. The van der Waals surface area contributed by atoms with Gasteiger partial charge in [0.1, 0.15) is 12.6 Å². The number of anilines is 1. The van der Waals surface area contributed by atoms with Crippen LogP contribution < -0.4 is 19.1 Å². The van der Waals surface area contributed by atoms with Gasteiger partial charge >= 0.3 is 0 Å². The Balaban J connectivity index is 1.85. The summed E-state index contributed by atoms with van der Waals surface area (Å²) >= 11 is 12.5. The largest absolute Gasteiger partial charge is 0.493 e. The van der Waals surface area contributed by atoms with E-state index in [1.54, 1.807) is 42.5 Å². The summed E-state index contributed by atoms with van der Waals surface area (Å²) in [6, 6.07) is 24.3. The van der Waals surface area contributed by atoms with E-state index in [1.807, 2.05) is 44.2 Å². The lowest BCUT2D eigenvalue weighted by atomic mass is 10.0. The first-order valence-corrected chi connectivity index (χ1v) is 17.5. The number of aryl methyl sites for hydroxylation is 1. The van der Waals surface area contributed by atoms with Crippen LogP contribution in [0.15, 0.2) is 95.9 Å². The van der Waals surface area contributed by atoms with Crippen LogP contribution in [-0.4, -0.2) is 58.5 Å². The van der Waals surface area contributed by atoms with Crippen LogP contribution in [0.2, 0.25) is 10.0 Å². The lowest BCUT2D eigenvalue weighted by molar-refractivity contribution is -0.140. The molecule has 0 aromatic heterocycles. The van der Waals surface area contributed by atoms with E-state index in [0.29, 0.717) is 29.3 Å². The van der Waals surface area contributed by atoms with Crippen molar-refractivity contribution in [3.8, 4) is 11.5 Å². The molecule has 0 spiro atoms. The lowest BCUT2D eigenvalue weighted by Gasteiger charge is -2.34. The number of carbonyl (C=O) groups is 2. The molecular weight excluding hydrogens is 673 g/mol. The van der Waals surface area contributed by atoms with Crippen molar-refractivity contribution in [1.29, 1.82) is 0 Å². The lowest BCUT2D eigenvalue weighted by Crippen LogP contribution is -2.53. The van der Waals surface area contributed by atoms with E-state index in [4.69, 9.17) is 32.7 Å². The average Bonchev–Trinajstić information content (AvgIpc) is 3.09. The number of methoxy groups -OCH3 is 2. The van der Waals surface area contributed by atoms with E-state index in [2.05, 4.69) is 5.32 Å². The monoisotopic (exact) mass is 711 g/mol. The summed E-state index contributed by atoms with van der Waals surface area (Å²) in [5.74, 6) is -0.315. The zero-order valence-electron chi connectivity index (χ0n) is 27.3. The van der Waals surface area contributed by atoms with E-state index >= 15 is 0 Å². The van der Waals surface area contributed by atoms with Gasteiger partial charge in [0, 0.05) is 25.6 Å². The molecule has 254 valence electrons. The maximum atomic E-state index is 14.6. The Kier molecular flexibility index (Phi) is 12.7. The highest BCUT2D eigenvalue weighted by Crippen LogP contribution is 2.34. The molecule has 0 heterocycles. The third-order valence-corrected chi connectivity index (χ3v) is 10.2. The molecule has 9 nitrogen and oxygen atoms in total. The number of nitrogens with one attached hydrogen (secondary N) is 1. The minimum Gasteiger partial charge on any atom is -0.493 e. The van der Waals surface area contributed by atoms with Gasteiger partial charge in [0.2, 0.25) is 11.8 Å². The number of sulfonamides is 1. The van der Waals surface area contributed by atoms with Crippen molar-refractivity contribution < 1.29 is 27.5 Å². The second-order valence-corrected chi connectivity index (χ2v) is 13.8. The van der Waals surface area contributed by atoms with Crippen molar-refractivity contribution in [2.45, 2.75) is 44.2 Å². The smallest absolute Gasteiger partial charge is 0.264 e. The second-order valence-electron chi connectivity index (χ2n) is 11.1. The topological polar surface area (TPSA) is 105 Å². The normalized spacial score (nSPS) is 11.8. The molecule has 2 amide bonds. The van der Waals surface area contributed by atoms with Crippen molar-refractivity contribution >= 4 is 50.7 Å². The zero-order chi connectivity index (χ0) is 34.8. The molecule has 0 aliphatic carbocycles.